The molecule has 0 atom stereocenters. The van der Waals surface area contributed by atoms with Crippen molar-refractivity contribution in [1.82, 2.24) is 0 Å². The number of nitrogens with zero attached hydrogens (tertiary/aromatic N) is 1. The Hall–Kier alpha value is -3.80. The molecule has 1 aliphatic rings. The molecule has 0 unspecified atom stereocenters. The first-order valence-corrected chi connectivity index (χ1v) is 8.89. The van der Waals surface area contributed by atoms with Gasteiger partial charge >= 0.3 is 11.9 Å². The normalized spacial score (nSPS) is 13.1. The van der Waals surface area contributed by atoms with E-state index in [0.29, 0.717) is 11.4 Å². The molecule has 0 amide bonds. The van der Waals surface area contributed by atoms with Crippen molar-refractivity contribution in [2.75, 3.05) is 26.2 Å². The van der Waals surface area contributed by atoms with Crippen LogP contribution in [0.25, 0.3) is 11.1 Å². The number of methoxy groups -OCH3 is 3. The summed E-state index contributed by atoms with van der Waals surface area (Å²) in [5.74, 6) is -0.598. The molecule has 6 heteroatoms. The van der Waals surface area contributed by atoms with Crippen molar-refractivity contribution in [2.24, 2.45) is 0 Å². The predicted octanol–water partition coefficient (Wildman–Crippen LogP) is 3.85. The van der Waals surface area contributed by atoms with Gasteiger partial charge in [-0.2, -0.15) is 0 Å². The Kier molecular flexibility index (Phi) is 6.14. The molecule has 0 saturated heterocycles. The fourth-order valence-corrected chi connectivity index (χ4v) is 3.05. The number of anilines is 1. The van der Waals surface area contributed by atoms with Gasteiger partial charge in [0.15, 0.2) is 0 Å². The summed E-state index contributed by atoms with van der Waals surface area (Å²) in [5.41, 5.74) is 2.63. The third kappa shape index (κ3) is 4.06. The van der Waals surface area contributed by atoms with Gasteiger partial charge in [-0.15, -0.1) is 0 Å². The van der Waals surface area contributed by atoms with Crippen LogP contribution >= 0.6 is 0 Å². The van der Waals surface area contributed by atoms with Gasteiger partial charge in [0, 0.05) is 17.5 Å². The Morgan fingerprint density at radius 2 is 1.59 bits per heavy atom. The van der Waals surface area contributed by atoms with Crippen molar-refractivity contribution >= 4 is 17.6 Å². The molecule has 1 heterocycles. The average molecular weight is 391 g/mol. The molecule has 3 rings (SSSR count). The van der Waals surface area contributed by atoms with Gasteiger partial charge in [-0.1, -0.05) is 36.4 Å². The first kappa shape index (κ1) is 19.9. The average Bonchev–Trinajstić information content (AvgIpc) is 3.01. The SMILES string of the molecule is COC(=O)C1=C(C(=O)OC)N(c2ccc(OC)c(-c3ccccc3)c2)C=CC=C1. The molecule has 0 aliphatic carbocycles. The van der Waals surface area contributed by atoms with E-state index in [-0.39, 0.29) is 11.3 Å². The second kappa shape index (κ2) is 8.93. The number of hydrogen-bond acceptors (Lipinski definition) is 6. The Balaban J connectivity index is 2.20. The fraction of sp³-hybridized carbons (Fsp3) is 0.130. The van der Waals surface area contributed by atoms with E-state index in [1.807, 2.05) is 42.5 Å². The summed E-state index contributed by atoms with van der Waals surface area (Å²) in [6.45, 7) is 0. The molecule has 1 aliphatic heterocycles. The maximum Gasteiger partial charge on any atom is 0.355 e. The Morgan fingerprint density at radius 3 is 2.24 bits per heavy atom. The molecule has 0 radical (unpaired) electrons. The van der Waals surface area contributed by atoms with Gasteiger partial charge in [-0.25, -0.2) is 9.59 Å². The molecule has 0 saturated carbocycles. The molecular weight excluding hydrogens is 370 g/mol. The molecule has 2 aromatic rings. The number of esters is 2. The van der Waals surface area contributed by atoms with E-state index in [2.05, 4.69) is 0 Å². The zero-order valence-electron chi connectivity index (χ0n) is 16.4. The van der Waals surface area contributed by atoms with Crippen molar-refractivity contribution in [3.63, 3.8) is 0 Å². The number of allylic oxidation sites excluding steroid dienone is 2. The third-order valence-electron chi connectivity index (χ3n) is 4.44. The molecule has 2 aromatic carbocycles. The van der Waals surface area contributed by atoms with Gasteiger partial charge in [-0.05, 0) is 35.9 Å². The van der Waals surface area contributed by atoms with Crippen LogP contribution in [0.4, 0.5) is 5.69 Å². The third-order valence-corrected chi connectivity index (χ3v) is 4.44. The molecule has 0 fully saturated rings. The van der Waals surface area contributed by atoms with E-state index in [0.717, 1.165) is 11.1 Å². The Labute approximate surface area is 169 Å². The van der Waals surface area contributed by atoms with E-state index >= 15 is 0 Å². The monoisotopic (exact) mass is 391 g/mol. The minimum atomic E-state index is -0.654. The molecule has 0 aromatic heterocycles. The van der Waals surface area contributed by atoms with Crippen LogP contribution < -0.4 is 9.64 Å². The summed E-state index contributed by atoms with van der Waals surface area (Å²) in [7, 11) is 4.14. The summed E-state index contributed by atoms with van der Waals surface area (Å²) < 4.78 is 15.3. The highest BCUT2D eigenvalue weighted by atomic mass is 16.5. The fourth-order valence-electron chi connectivity index (χ4n) is 3.05. The van der Waals surface area contributed by atoms with E-state index in [4.69, 9.17) is 14.2 Å². The quantitative estimate of drug-likeness (QED) is 0.722. The topological polar surface area (TPSA) is 65.1 Å². The van der Waals surface area contributed by atoms with Crippen molar-refractivity contribution in [3.05, 3.63) is 84.2 Å². The summed E-state index contributed by atoms with van der Waals surface area (Å²) >= 11 is 0. The first-order valence-electron chi connectivity index (χ1n) is 8.89. The highest BCUT2D eigenvalue weighted by molar-refractivity contribution is 6.05. The lowest BCUT2D eigenvalue weighted by molar-refractivity contribution is -0.139. The second-order valence-electron chi connectivity index (χ2n) is 6.07. The minimum absolute atomic E-state index is 0.0635. The number of rotatable bonds is 5. The molecule has 29 heavy (non-hydrogen) atoms. The van der Waals surface area contributed by atoms with E-state index in [9.17, 15) is 9.59 Å². The minimum Gasteiger partial charge on any atom is -0.496 e. The molecule has 0 spiro atoms. The van der Waals surface area contributed by atoms with Gasteiger partial charge in [0.25, 0.3) is 0 Å². The maximum absolute atomic E-state index is 12.6. The first-order chi connectivity index (χ1) is 14.1. The molecule has 6 nitrogen and oxygen atoms in total. The highest BCUT2D eigenvalue weighted by Gasteiger charge is 2.27. The lowest BCUT2D eigenvalue weighted by Crippen LogP contribution is -2.27. The van der Waals surface area contributed by atoms with Gasteiger partial charge in [0.05, 0.1) is 26.9 Å². The molecule has 148 valence electrons. The van der Waals surface area contributed by atoms with Crippen LogP contribution in [0.1, 0.15) is 0 Å². The number of carbonyl (C=O) groups excluding carboxylic acids is 2. The Bertz CT molecular complexity index is 1010. The van der Waals surface area contributed by atoms with E-state index < -0.39 is 11.9 Å². The van der Waals surface area contributed by atoms with Crippen LogP contribution in [-0.4, -0.2) is 33.3 Å². The Morgan fingerprint density at radius 1 is 0.862 bits per heavy atom. The summed E-state index contributed by atoms with van der Waals surface area (Å²) in [6, 6.07) is 15.3. The largest absolute Gasteiger partial charge is 0.496 e. The lowest BCUT2D eigenvalue weighted by atomic mass is 10.0. The van der Waals surface area contributed by atoms with Crippen molar-refractivity contribution in [3.8, 4) is 16.9 Å². The van der Waals surface area contributed by atoms with E-state index in [1.54, 1.807) is 36.4 Å². The van der Waals surface area contributed by atoms with Crippen molar-refractivity contribution in [1.29, 1.82) is 0 Å². The van der Waals surface area contributed by atoms with Crippen LogP contribution in [0.15, 0.2) is 84.2 Å². The number of hydrogen-bond donors (Lipinski definition) is 0. The van der Waals surface area contributed by atoms with Crippen LogP contribution in [0.5, 0.6) is 5.75 Å². The maximum atomic E-state index is 12.6. The second-order valence-corrected chi connectivity index (χ2v) is 6.07. The zero-order valence-corrected chi connectivity index (χ0v) is 16.4. The number of benzene rings is 2. The van der Waals surface area contributed by atoms with Gasteiger partial charge in [-0.3, -0.25) is 0 Å². The zero-order chi connectivity index (χ0) is 20.8. The van der Waals surface area contributed by atoms with Gasteiger partial charge < -0.3 is 19.1 Å². The molecule has 0 bridgehead atoms. The van der Waals surface area contributed by atoms with Gasteiger partial charge in [0.1, 0.15) is 11.4 Å². The van der Waals surface area contributed by atoms with Crippen molar-refractivity contribution < 1.29 is 23.8 Å². The summed E-state index contributed by atoms with van der Waals surface area (Å²) in [5, 5.41) is 0. The van der Waals surface area contributed by atoms with Crippen molar-refractivity contribution in [2.45, 2.75) is 0 Å². The van der Waals surface area contributed by atoms with Crippen LogP contribution in [0, 0.1) is 0 Å². The highest BCUT2D eigenvalue weighted by Crippen LogP contribution is 2.36. The van der Waals surface area contributed by atoms with E-state index in [1.165, 1.54) is 20.3 Å². The number of carbonyl (C=O) groups is 2. The van der Waals surface area contributed by atoms with Gasteiger partial charge in [0.2, 0.25) is 0 Å². The molecule has 0 N–H and O–H groups in total. The summed E-state index contributed by atoms with van der Waals surface area (Å²) in [6.07, 6.45) is 6.60. The van der Waals surface area contributed by atoms with Crippen LogP contribution in [0.2, 0.25) is 0 Å². The van der Waals surface area contributed by atoms with Crippen LogP contribution in [0.3, 0.4) is 0 Å². The predicted molar refractivity (Wildman–Crippen MR) is 110 cm³/mol. The van der Waals surface area contributed by atoms with Crippen LogP contribution in [-0.2, 0) is 19.1 Å². The summed E-state index contributed by atoms with van der Waals surface area (Å²) in [4.78, 5) is 26.5. The number of ether oxygens (including phenoxy) is 3. The lowest BCUT2D eigenvalue weighted by Gasteiger charge is -2.24. The molecular formula is C23H21NO5. The smallest absolute Gasteiger partial charge is 0.355 e. The standard InChI is InChI=1S/C23H21NO5/c1-27-20-13-12-17(15-19(20)16-9-5-4-6-10-16)24-14-8-7-11-18(22(25)28-2)21(24)23(26)29-3/h4-15H,1-3H3.